The molecule has 17 heavy (non-hydrogen) atoms. The number of anilines is 1. The summed E-state index contributed by atoms with van der Waals surface area (Å²) in [5.74, 6) is 0.782. The number of rotatable bonds is 1. The van der Waals surface area contributed by atoms with Gasteiger partial charge in [0.25, 0.3) is 0 Å². The number of nitrogens with two attached hydrogens (primary N) is 1. The van der Waals surface area contributed by atoms with Crippen molar-refractivity contribution in [1.82, 2.24) is 4.98 Å². The van der Waals surface area contributed by atoms with Crippen molar-refractivity contribution >= 4 is 32.5 Å². The fourth-order valence-corrected chi connectivity index (χ4v) is 3.04. The number of ether oxygens (including phenoxy) is 1. The number of nitrogen functional groups attached to an aromatic ring is 1. The van der Waals surface area contributed by atoms with Gasteiger partial charge in [0.05, 0.1) is 7.11 Å². The van der Waals surface area contributed by atoms with Crippen molar-refractivity contribution in [3.63, 3.8) is 0 Å². The molecule has 0 unspecified atom stereocenters. The molecule has 4 heteroatoms. The van der Waals surface area contributed by atoms with E-state index in [9.17, 15) is 0 Å². The maximum Gasteiger partial charge on any atom is 0.145 e. The third-order valence-electron chi connectivity index (χ3n) is 3.34. The Balaban J connectivity index is 2.45. The van der Waals surface area contributed by atoms with Crippen LogP contribution in [0.4, 0.5) is 5.69 Å². The van der Waals surface area contributed by atoms with E-state index in [1.807, 2.05) is 12.1 Å². The number of nitrogens with zero attached hydrogens (tertiary/aromatic N) is 1. The largest absolute Gasteiger partial charge is 0.494 e. The van der Waals surface area contributed by atoms with Crippen LogP contribution in [0, 0.1) is 0 Å². The lowest BCUT2D eigenvalue weighted by Crippen LogP contribution is -2.00. The van der Waals surface area contributed by atoms with Crippen LogP contribution in [0.2, 0.25) is 0 Å². The smallest absolute Gasteiger partial charge is 0.145 e. The van der Waals surface area contributed by atoms with E-state index < -0.39 is 0 Å². The zero-order chi connectivity index (χ0) is 12.0. The van der Waals surface area contributed by atoms with Gasteiger partial charge in [0.2, 0.25) is 0 Å². The number of fused-ring (bicyclic) bond motifs is 2. The molecule has 0 bridgehead atoms. The molecule has 0 fully saturated rings. The first kappa shape index (κ1) is 10.8. The SMILES string of the molecule is COc1ccc(Br)c2c(N)c3c(nc12)CCC3. The van der Waals surface area contributed by atoms with Crippen molar-refractivity contribution in [3.8, 4) is 5.75 Å². The average molecular weight is 293 g/mol. The molecule has 0 saturated carbocycles. The molecule has 1 aromatic carbocycles. The van der Waals surface area contributed by atoms with Crippen molar-refractivity contribution in [2.75, 3.05) is 12.8 Å². The zero-order valence-corrected chi connectivity index (χ0v) is 11.2. The van der Waals surface area contributed by atoms with Gasteiger partial charge in [-0.05, 0) is 37.0 Å². The van der Waals surface area contributed by atoms with E-state index in [2.05, 4.69) is 15.9 Å². The Hall–Kier alpha value is -1.29. The van der Waals surface area contributed by atoms with Crippen LogP contribution >= 0.6 is 15.9 Å². The number of methoxy groups -OCH3 is 1. The molecule has 1 aliphatic rings. The highest BCUT2D eigenvalue weighted by molar-refractivity contribution is 9.10. The van der Waals surface area contributed by atoms with Gasteiger partial charge in [0.1, 0.15) is 11.3 Å². The molecule has 1 heterocycles. The first-order chi connectivity index (χ1) is 8.22. The maximum atomic E-state index is 6.27. The molecule has 0 aliphatic heterocycles. The monoisotopic (exact) mass is 292 g/mol. The highest BCUT2D eigenvalue weighted by atomic mass is 79.9. The third kappa shape index (κ3) is 1.51. The molecular weight excluding hydrogens is 280 g/mol. The number of hydrogen-bond donors (Lipinski definition) is 1. The van der Waals surface area contributed by atoms with Gasteiger partial charge in [-0.15, -0.1) is 0 Å². The van der Waals surface area contributed by atoms with Crippen LogP contribution in [0.1, 0.15) is 17.7 Å². The summed E-state index contributed by atoms with van der Waals surface area (Å²) in [5, 5.41) is 0.977. The molecule has 3 nitrogen and oxygen atoms in total. The highest BCUT2D eigenvalue weighted by Gasteiger charge is 2.20. The van der Waals surface area contributed by atoms with Gasteiger partial charge in [-0.25, -0.2) is 4.98 Å². The lowest BCUT2D eigenvalue weighted by Gasteiger charge is -2.12. The topological polar surface area (TPSA) is 48.1 Å². The first-order valence-electron chi connectivity index (χ1n) is 5.66. The molecule has 0 spiro atoms. The van der Waals surface area contributed by atoms with Crippen LogP contribution in [0.15, 0.2) is 16.6 Å². The minimum absolute atomic E-state index is 0.782. The molecule has 3 rings (SSSR count). The van der Waals surface area contributed by atoms with Gasteiger partial charge in [0.15, 0.2) is 0 Å². The Morgan fingerprint density at radius 2 is 2.18 bits per heavy atom. The first-order valence-corrected chi connectivity index (χ1v) is 6.45. The Morgan fingerprint density at radius 3 is 2.94 bits per heavy atom. The summed E-state index contributed by atoms with van der Waals surface area (Å²) in [6.07, 6.45) is 3.20. The minimum atomic E-state index is 0.782. The van der Waals surface area contributed by atoms with E-state index in [0.29, 0.717) is 0 Å². The lowest BCUT2D eigenvalue weighted by atomic mass is 10.1. The van der Waals surface area contributed by atoms with Gasteiger partial charge in [-0.3, -0.25) is 0 Å². The number of pyridine rings is 1. The quantitative estimate of drug-likeness (QED) is 0.879. The van der Waals surface area contributed by atoms with Crippen molar-refractivity contribution in [3.05, 3.63) is 27.9 Å². The molecule has 0 radical (unpaired) electrons. The Bertz CT molecular complexity index is 610. The fraction of sp³-hybridized carbons (Fsp3) is 0.308. The van der Waals surface area contributed by atoms with Crippen LogP contribution in [0.5, 0.6) is 5.75 Å². The van der Waals surface area contributed by atoms with Crippen molar-refractivity contribution in [2.24, 2.45) is 0 Å². The number of benzene rings is 1. The standard InChI is InChI=1S/C13H13BrN2O/c1-17-10-6-5-8(14)11-12(15)7-3-2-4-9(7)16-13(10)11/h5-6H,2-4H2,1H3,(H2,15,16). The molecule has 1 aromatic heterocycles. The summed E-state index contributed by atoms with van der Waals surface area (Å²) < 4.78 is 6.34. The van der Waals surface area contributed by atoms with E-state index in [-0.39, 0.29) is 0 Å². The number of aryl methyl sites for hydroxylation is 1. The number of aromatic nitrogens is 1. The molecule has 88 valence electrons. The summed E-state index contributed by atoms with van der Waals surface area (Å²) in [7, 11) is 1.66. The molecule has 0 atom stereocenters. The van der Waals surface area contributed by atoms with Crippen LogP contribution in [-0.4, -0.2) is 12.1 Å². The fourth-order valence-electron chi connectivity index (χ4n) is 2.51. The molecule has 1 aliphatic carbocycles. The van der Waals surface area contributed by atoms with Crippen LogP contribution < -0.4 is 10.5 Å². The Labute approximate surface area is 108 Å². The maximum absolute atomic E-state index is 6.27. The Kier molecular flexibility index (Phi) is 2.47. The lowest BCUT2D eigenvalue weighted by molar-refractivity contribution is 0.419. The van der Waals surface area contributed by atoms with E-state index >= 15 is 0 Å². The Morgan fingerprint density at radius 1 is 1.35 bits per heavy atom. The predicted molar refractivity (Wildman–Crippen MR) is 72.4 cm³/mol. The minimum Gasteiger partial charge on any atom is -0.494 e. The summed E-state index contributed by atoms with van der Waals surface area (Å²) in [4.78, 5) is 4.71. The number of halogens is 1. The van der Waals surface area contributed by atoms with E-state index in [1.54, 1.807) is 7.11 Å². The number of hydrogen-bond acceptors (Lipinski definition) is 3. The summed E-state index contributed by atoms with van der Waals surface area (Å²) in [6.45, 7) is 0. The van der Waals surface area contributed by atoms with E-state index in [1.165, 1.54) is 5.56 Å². The van der Waals surface area contributed by atoms with Crippen LogP contribution in [0.25, 0.3) is 10.9 Å². The summed E-state index contributed by atoms with van der Waals surface area (Å²) in [6, 6.07) is 3.88. The third-order valence-corrected chi connectivity index (χ3v) is 4.00. The van der Waals surface area contributed by atoms with Gasteiger partial charge < -0.3 is 10.5 Å². The molecule has 2 aromatic rings. The summed E-state index contributed by atoms with van der Waals surface area (Å²) in [5.41, 5.74) is 10.3. The van der Waals surface area contributed by atoms with E-state index in [4.69, 9.17) is 15.5 Å². The second-order valence-corrected chi connectivity index (χ2v) is 5.13. The highest BCUT2D eigenvalue weighted by Crippen LogP contribution is 2.39. The summed E-state index contributed by atoms with van der Waals surface area (Å²) >= 11 is 3.54. The molecule has 0 saturated heterocycles. The van der Waals surface area contributed by atoms with Crippen LogP contribution in [-0.2, 0) is 12.8 Å². The van der Waals surface area contributed by atoms with Gasteiger partial charge in [-0.2, -0.15) is 0 Å². The second-order valence-electron chi connectivity index (χ2n) is 4.28. The molecule has 2 N–H and O–H groups in total. The molecular formula is C13H13BrN2O. The zero-order valence-electron chi connectivity index (χ0n) is 9.59. The van der Waals surface area contributed by atoms with Gasteiger partial charge in [0, 0.05) is 21.2 Å². The van der Waals surface area contributed by atoms with Crippen molar-refractivity contribution in [2.45, 2.75) is 19.3 Å². The van der Waals surface area contributed by atoms with Gasteiger partial charge >= 0.3 is 0 Å². The normalized spacial score (nSPS) is 14.0. The van der Waals surface area contributed by atoms with Crippen molar-refractivity contribution in [1.29, 1.82) is 0 Å². The predicted octanol–water partition coefficient (Wildman–Crippen LogP) is 3.08. The second kappa shape index (κ2) is 3.88. The van der Waals surface area contributed by atoms with E-state index in [0.717, 1.165) is 51.8 Å². The van der Waals surface area contributed by atoms with Gasteiger partial charge in [-0.1, -0.05) is 15.9 Å². The molecule has 0 amide bonds. The average Bonchev–Trinajstić information content (AvgIpc) is 2.78. The van der Waals surface area contributed by atoms with Crippen LogP contribution in [0.3, 0.4) is 0 Å². The van der Waals surface area contributed by atoms with Crippen molar-refractivity contribution < 1.29 is 4.74 Å².